The van der Waals surface area contributed by atoms with E-state index in [4.69, 9.17) is 9.97 Å². The van der Waals surface area contributed by atoms with Crippen LogP contribution in [0.1, 0.15) is 0 Å². The van der Waals surface area contributed by atoms with E-state index in [2.05, 4.69) is 38.5 Å². The Bertz CT molecular complexity index is 1510. The first kappa shape index (κ1) is 21.8. The van der Waals surface area contributed by atoms with E-state index in [1.807, 2.05) is 57.1 Å². The van der Waals surface area contributed by atoms with E-state index in [-0.39, 0.29) is 5.91 Å². The summed E-state index contributed by atoms with van der Waals surface area (Å²) in [6.07, 6.45) is 10.6. The van der Waals surface area contributed by atoms with Gasteiger partial charge in [-0.05, 0) is 0 Å². The standard InChI is InChI=1S/C23H21IN9O/c1-4-19(34)28-16-7-5-6-15(8-16)24-21-20-18(14-9-26-32(2)12-14)11-25-22(20)31-23(30-21)29-17-10-27-33(3)13-17/h4-13H,1H2,2-3H3,(H,28,34)(H2,25,29,30,31)/q-1. The molecule has 0 saturated heterocycles. The molecule has 1 aromatic carbocycles. The summed E-state index contributed by atoms with van der Waals surface area (Å²) in [7, 11) is 3.75. The molecule has 0 unspecified atom stereocenters. The number of carbonyl (C=O) groups is 1. The molecule has 0 atom stereocenters. The van der Waals surface area contributed by atoms with Crippen molar-refractivity contribution in [1.29, 1.82) is 0 Å². The van der Waals surface area contributed by atoms with Crippen molar-refractivity contribution in [2.24, 2.45) is 14.1 Å². The number of anilines is 3. The molecule has 0 aliphatic rings. The Morgan fingerprint density at radius 2 is 1.94 bits per heavy atom. The second-order valence-electron chi connectivity index (χ2n) is 7.49. The Morgan fingerprint density at radius 1 is 1.12 bits per heavy atom. The van der Waals surface area contributed by atoms with Gasteiger partial charge in [0.2, 0.25) is 0 Å². The molecule has 3 N–H and O–H groups in total. The molecule has 4 aromatic heterocycles. The van der Waals surface area contributed by atoms with Crippen molar-refractivity contribution in [3.8, 4) is 11.1 Å². The van der Waals surface area contributed by atoms with Crippen LogP contribution in [0.15, 0.2) is 67.9 Å². The molecule has 172 valence electrons. The number of benzene rings is 1. The van der Waals surface area contributed by atoms with Crippen molar-refractivity contribution in [1.82, 2.24) is 34.5 Å². The molecular weight excluding hydrogens is 545 g/mol. The van der Waals surface area contributed by atoms with Crippen LogP contribution in [0.3, 0.4) is 0 Å². The minimum absolute atomic E-state index is 0.243. The van der Waals surface area contributed by atoms with Crippen molar-refractivity contribution in [2.75, 3.05) is 10.6 Å². The number of nitrogens with zero attached hydrogens (tertiary/aromatic N) is 6. The molecule has 1 amide bonds. The third-order valence-corrected chi connectivity index (χ3v) is 7.53. The van der Waals surface area contributed by atoms with E-state index >= 15 is 0 Å². The average molecular weight is 566 g/mol. The molecule has 11 heteroatoms. The van der Waals surface area contributed by atoms with E-state index < -0.39 is 21.2 Å². The van der Waals surface area contributed by atoms with Gasteiger partial charge >= 0.3 is 206 Å². The van der Waals surface area contributed by atoms with Crippen LogP contribution in [-0.2, 0) is 18.9 Å². The van der Waals surface area contributed by atoms with E-state index in [9.17, 15) is 4.79 Å². The first-order valence-corrected chi connectivity index (χ1v) is 12.5. The number of nitrogens with one attached hydrogen (secondary N) is 3. The fourth-order valence-corrected chi connectivity index (χ4v) is 6.07. The van der Waals surface area contributed by atoms with Gasteiger partial charge in [0.05, 0.1) is 0 Å². The molecule has 10 nitrogen and oxygen atoms in total. The van der Waals surface area contributed by atoms with Gasteiger partial charge in [-0.25, -0.2) is 0 Å². The molecule has 0 aliphatic heterocycles. The van der Waals surface area contributed by atoms with Gasteiger partial charge in [-0.2, -0.15) is 0 Å². The number of rotatable bonds is 7. The molecule has 0 radical (unpaired) electrons. The maximum absolute atomic E-state index is 11.7. The van der Waals surface area contributed by atoms with Crippen LogP contribution in [0.4, 0.5) is 17.3 Å². The molecule has 4 heterocycles. The van der Waals surface area contributed by atoms with Crippen LogP contribution in [0.5, 0.6) is 0 Å². The Hall–Kier alpha value is -4.00. The predicted octanol–water partition coefficient (Wildman–Crippen LogP) is 0.0884. The average Bonchev–Trinajstić information content (AvgIpc) is 3.54. The molecule has 0 aliphatic carbocycles. The predicted molar refractivity (Wildman–Crippen MR) is 125 cm³/mol. The number of H-pyrrole nitrogens is 1. The quantitative estimate of drug-likeness (QED) is 0.146. The number of carbonyl (C=O) groups excluding carboxylic acids is 1. The van der Waals surface area contributed by atoms with E-state index in [1.165, 1.54) is 6.08 Å². The van der Waals surface area contributed by atoms with Crippen molar-refractivity contribution in [3.63, 3.8) is 0 Å². The Morgan fingerprint density at radius 3 is 2.68 bits per heavy atom. The molecule has 34 heavy (non-hydrogen) atoms. The molecular formula is C23H21IN9O-. The molecule has 0 spiro atoms. The van der Waals surface area contributed by atoms with Crippen LogP contribution < -0.4 is 31.8 Å². The monoisotopic (exact) mass is 566 g/mol. The van der Waals surface area contributed by atoms with Crippen LogP contribution >= 0.6 is 0 Å². The summed E-state index contributed by atoms with van der Waals surface area (Å²) < 4.78 is 5.54. The third-order valence-electron chi connectivity index (χ3n) is 4.94. The van der Waals surface area contributed by atoms with Gasteiger partial charge in [0, 0.05) is 0 Å². The first-order valence-electron chi connectivity index (χ1n) is 10.3. The zero-order chi connectivity index (χ0) is 23.7. The summed E-state index contributed by atoms with van der Waals surface area (Å²) in [5.41, 5.74) is 4.26. The summed E-state index contributed by atoms with van der Waals surface area (Å²) >= 11 is -0.721. The molecule has 0 saturated carbocycles. The number of amides is 1. The Kier molecular flexibility index (Phi) is 5.84. The fourth-order valence-electron chi connectivity index (χ4n) is 3.44. The molecule has 0 bridgehead atoms. The summed E-state index contributed by atoms with van der Waals surface area (Å²) in [6.45, 7) is 3.52. The second-order valence-corrected chi connectivity index (χ2v) is 10.3. The van der Waals surface area contributed by atoms with Crippen LogP contribution in [-0.4, -0.2) is 40.4 Å². The zero-order valence-electron chi connectivity index (χ0n) is 18.5. The summed E-state index contributed by atoms with van der Waals surface area (Å²) in [5.74, 6) is 0.248. The second kappa shape index (κ2) is 9.09. The van der Waals surface area contributed by atoms with Crippen LogP contribution in [0.25, 0.3) is 22.2 Å². The van der Waals surface area contributed by atoms with Gasteiger partial charge in [-0.3, -0.25) is 0 Å². The zero-order valence-corrected chi connectivity index (χ0v) is 20.6. The molecule has 0 fully saturated rings. The fraction of sp³-hybridized carbons (Fsp3) is 0.0870. The number of hydrogen-bond donors (Lipinski definition) is 3. The number of aryl methyl sites for hydroxylation is 2. The van der Waals surface area contributed by atoms with Gasteiger partial charge < -0.3 is 0 Å². The van der Waals surface area contributed by atoms with E-state index in [0.29, 0.717) is 5.95 Å². The number of halogens is 1. The number of aromatic nitrogens is 7. The van der Waals surface area contributed by atoms with E-state index in [1.54, 1.807) is 15.6 Å². The summed E-state index contributed by atoms with van der Waals surface area (Å²) in [4.78, 5) is 24.7. The van der Waals surface area contributed by atoms with Crippen molar-refractivity contribution >= 4 is 34.3 Å². The van der Waals surface area contributed by atoms with Crippen LogP contribution in [0, 0.1) is 7.27 Å². The van der Waals surface area contributed by atoms with Crippen molar-refractivity contribution < 1.29 is 26.0 Å². The van der Waals surface area contributed by atoms with Gasteiger partial charge in [-0.1, -0.05) is 0 Å². The summed E-state index contributed by atoms with van der Waals surface area (Å²) in [6, 6.07) is 7.82. The van der Waals surface area contributed by atoms with Crippen molar-refractivity contribution in [3.05, 3.63) is 75.2 Å². The first-order chi connectivity index (χ1) is 16.5. The van der Waals surface area contributed by atoms with Gasteiger partial charge in [0.25, 0.3) is 0 Å². The third kappa shape index (κ3) is 4.55. The molecule has 5 aromatic rings. The van der Waals surface area contributed by atoms with Gasteiger partial charge in [0.1, 0.15) is 0 Å². The molecule has 5 rings (SSSR count). The number of aromatic amines is 1. The minimum atomic E-state index is -0.721. The van der Waals surface area contributed by atoms with E-state index in [0.717, 1.165) is 40.8 Å². The van der Waals surface area contributed by atoms with Crippen molar-refractivity contribution in [2.45, 2.75) is 0 Å². The number of hydrogen-bond acceptors (Lipinski definition) is 6. The Balaban J connectivity index is 1.58. The normalized spacial score (nSPS) is 11.1. The summed E-state index contributed by atoms with van der Waals surface area (Å²) in [5, 5.41) is 15.6. The Labute approximate surface area is 205 Å². The van der Waals surface area contributed by atoms with Gasteiger partial charge in [-0.15, -0.1) is 0 Å². The topological polar surface area (TPSA) is 118 Å². The van der Waals surface area contributed by atoms with Gasteiger partial charge in [0.15, 0.2) is 0 Å². The maximum atomic E-state index is 11.7. The SMILES string of the molecule is C=CC(=O)Nc1cccc([I-]c2nc(Nc3cnn(C)c3)nc3[nH]cc(-c4cnn(C)c4)c23)c1. The van der Waals surface area contributed by atoms with Crippen LogP contribution in [0.2, 0.25) is 0 Å². The number of fused-ring (bicyclic) bond motifs is 1.